The van der Waals surface area contributed by atoms with Gasteiger partial charge in [-0.25, -0.2) is 8.42 Å². The number of fused-ring (bicyclic) bond motifs is 1. The Kier molecular flexibility index (Phi) is 5.78. The summed E-state index contributed by atoms with van der Waals surface area (Å²) in [5.41, 5.74) is 2.97. The molecule has 0 saturated heterocycles. The van der Waals surface area contributed by atoms with Crippen molar-refractivity contribution in [1.29, 1.82) is 0 Å². The Balaban J connectivity index is 1.33. The molecule has 0 fully saturated rings. The fourth-order valence-corrected chi connectivity index (χ4v) is 5.88. The third-order valence-corrected chi connectivity index (χ3v) is 8.31. The van der Waals surface area contributed by atoms with Crippen LogP contribution in [0.25, 0.3) is 0 Å². The Bertz CT molecular complexity index is 1130. The smallest absolute Gasteiger partial charge is 0.273 e. The van der Waals surface area contributed by atoms with Crippen molar-refractivity contribution in [1.82, 2.24) is 5.32 Å². The predicted octanol–water partition coefficient (Wildman–Crippen LogP) is 3.76. The highest BCUT2D eigenvalue weighted by atomic mass is 32.2. The van der Waals surface area contributed by atoms with Crippen molar-refractivity contribution in [3.63, 3.8) is 0 Å². The number of rotatable bonds is 7. The molecule has 3 aromatic rings. The van der Waals surface area contributed by atoms with Crippen LogP contribution in [-0.2, 0) is 21.2 Å². The number of nitrogens with zero attached hydrogens (tertiary/aromatic N) is 1. The molecule has 0 bridgehead atoms. The number of sulfonamides is 1. The van der Waals surface area contributed by atoms with Gasteiger partial charge in [-0.3, -0.25) is 9.10 Å². The molecule has 1 atom stereocenters. The average molecular weight is 443 g/mol. The number of nitrogens with one attached hydrogen (secondary N) is 1. The molecular formula is C22H22N2O4S2. The van der Waals surface area contributed by atoms with Crippen molar-refractivity contribution in [2.24, 2.45) is 0 Å². The van der Waals surface area contributed by atoms with Crippen molar-refractivity contribution in [2.75, 3.05) is 18.0 Å². The number of ether oxygens (including phenoxy) is 1. The van der Waals surface area contributed by atoms with Gasteiger partial charge in [0.15, 0.2) is 6.61 Å². The van der Waals surface area contributed by atoms with E-state index in [1.807, 2.05) is 18.2 Å². The minimum absolute atomic E-state index is 0.0239. The summed E-state index contributed by atoms with van der Waals surface area (Å²) in [6, 6.07) is 18.1. The van der Waals surface area contributed by atoms with Gasteiger partial charge in [0.2, 0.25) is 0 Å². The van der Waals surface area contributed by atoms with Crippen molar-refractivity contribution in [2.45, 2.75) is 23.1 Å². The Morgan fingerprint density at radius 3 is 2.63 bits per heavy atom. The van der Waals surface area contributed by atoms with Gasteiger partial charge in [-0.15, -0.1) is 11.3 Å². The van der Waals surface area contributed by atoms with Gasteiger partial charge in [0.25, 0.3) is 15.9 Å². The van der Waals surface area contributed by atoms with E-state index in [9.17, 15) is 13.2 Å². The number of aryl methyl sites for hydroxylation is 1. The number of amides is 1. The number of hydrogen-bond donors (Lipinski definition) is 1. The molecule has 1 unspecified atom stereocenters. The molecular weight excluding hydrogens is 420 g/mol. The number of anilines is 1. The molecule has 1 aliphatic rings. The first-order chi connectivity index (χ1) is 14.4. The monoisotopic (exact) mass is 442 g/mol. The molecule has 1 heterocycles. The van der Waals surface area contributed by atoms with Crippen molar-refractivity contribution in [3.8, 4) is 5.75 Å². The first kappa shape index (κ1) is 20.4. The van der Waals surface area contributed by atoms with E-state index >= 15 is 0 Å². The topological polar surface area (TPSA) is 75.7 Å². The third kappa shape index (κ3) is 4.20. The normalized spacial score (nSPS) is 15.4. The quantitative estimate of drug-likeness (QED) is 0.605. The molecule has 0 spiro atoms. The van der Waals surface area contributed by atoms with Crippen LogP contribution in [0.1, 0.15) is 23.6 Å². The van der Waals surface area contributed by atoms with E-state index in [-0.39, 0.29) is 22.8 Å². The molecule has 1 amide bonds. The molecule has 1 aliphatic carbocycles. The summed E-state index contributed by atoms with van der Waals surface area (Å²) < 4.78 is 32.3. The summed E-state index contributed by atoms with van der Waals surface area (Å²) >= 11 is 1.18. The Hall–Kier alpha value is -2.84. The lowest BCUT2D eigenvalue weighted by Gasteiger charge is -2.19. The number of carbonyl (C=O) groups excluding carboxylic acids is 1. The van der Waals surface area contributed by atoms with E-state index in [0.29, 0.717) is 11.4 Å². The zero-order chi connectivity index (χ0) is 21.1. The van der Waals surface area contributed by atoms with Crippen LogP contribution in [0.4, 0.5) is 5.69 Å². The standard InChI is InChI=1S/C22H22N2O4S2/c1-24(30(26,27)22-7-4-14-29-22)17-9-11-18(12-10-17)28-15-21(25)23-20-13-8-16-5-2-3-6-19(16)20/h2-7,9-12,14,20H,8,13,15H2,1H3,(H,23,25). The lowest BCUT2D eigenvalue weighted by Crippen LogP contribution is -2.31. The fraction of sp³-hybridized carbons (Fsp3) is 0.227. The molecule has 1 N–H and O–H groups in total. The van der Waals surface area contributed by atoms with Crippen molar-refractivity contribution >= 4 is 33.0 Å². The SMILES string of the molecule is CN(c1ccc(OCC(=O)NC2CCc3ccccc32)cc1)S(=O)(=O)c1cccs1. The van der Waals surface area contributed by atoms with Gasteiger partial charge in [-0.05, 0) is 59.7 Å². The van der Waals surface area contributed by atoms with E-state index < -0.39 is 10.0 Å². The Labute approximate surface area is 180 Å². The highest BCUT2D eigenvalue weighted by Crippen LogP contribution is 2.30. The van der Waals surface area contributed by atoms with Gasteiger partial charge in [-0.1, -0.05) is 30.3 Å². The maximum atomic E-state index is 12.6. The summed E-state index contributed by atoms with van der Waals surface area (Å²) in [4.78, 5) is 12.3. The summed E-state index contributed by atoms with van der Waals surface area (Å²) in [5.74, 6) is 0.320. The third-order valence-electron chi connectivity index (χ3n) is 5.15. The van der Waals surface area contributed by atoms with Crippen LogP contribution < -0.4 is 14.4 Å². The summed E-state index contributed by atoms with van der Waals surface area (Å²) in [5, 5.41) is 4.75. The number of carbonyl (C=O) groups is 1. The molecule has 0 radical (unpaired) electrons. The highest BCUT2D eigenvalue weighted by Gasteiger charge is 2.24. The molecule has 0 saturated carbocycles. The summed E-state index contributed by atoms with van der Waals surface area (Å²) in [7, 11) is -2.07. The van der Waals surface area contributed by atoms with Gasteiger partial charge in [0, 0.05) is 7.05 Å². The Morgan fingerprint density at radius 1 is 1.13 bits per heavy atom. The van der Waals surface area contributed by atoms with E-state index in [4.69, 9.17) is 4.74 Å². The average Bonchev–Trinajstić information content (AvgIpc) is 3.43. The second-order valence-corrected chi connectivity index (χ2v) is 10.2. The first-order valence-electron chi connectivity index (χ1n) is 9.57. The minimum Gasteiger partial charge on any atom is -0.484 e. The van der Waals surface area contributed by atoms with Gasteiger partial charge < -0.3 is 10.1 Å². The lowest BCUT2D eigenvalue weighted by molar-refractivity contribution is -0.123. The molecule has 156 valence electrons. The number of thiophene rings is 1. The van der Waals surface area contributed by atoms with E-state index in [0.717, 1.165) is 12.8 Å². The lowest BCUT2D eigenvalue weighted by atomic mass is 10.1. The van der Waals surface area contributed by atoms with Crippen LogP contribution in [-0.4, -0.2) is 28.0 Å². The highest BCUT2D eigenvalue weighted by molar-refractivity contribution is 7.94. The molecule has 30 heavy (non-hydrogen) atoms. The molecule has 2 aromatic carbocycles. The van der Waals surface area contributed by atoms with Crippen molar-refractivity contribution in [3.05, 3.63) is 77.2 Å². The van der Waals surface area contributed by atoms with E-state index in [1.165, 1.54) is 33.8 Å². The molecule has 1 aromatic heterocycles. The van der Waals surface area contributed by atoms with Crippen LogP contribution in [0.5, 0.6) is 5.75 Å². The van der Waals surface area contributed by atoms with Crippen LogP contribution >= 0.6 is 11.3 Å². The summed E-state index contributed by atoms with van der Waals surface area (Å²) in [6.07, 6.45) is 1.86. The second-order valence-electron chi connectivity index (χ2n) is 7.04. The Morgan fingerprint density at radius 2 is 1.90 bits per heavy atom. The van der Waals surface area contributed by atoms with Gasteiger partial charge in [0.1, 0.15) is 9.96 Å². The second kappa shape index (κ2) is 8.49. The molecule has 4 rings (SSSR count). The largest absolute Gasteiger partial charge is 0.484 e. The summed E-state index contributed by atoms with van der Waals surface area (Å²) in [6.45, 7) is -0.0959. The number of benzene rings is 2. The fourth-order valence-electron chi connectivity index (χ4n) is 3.53. The minimum atomic E-state index is -3.58. The van der Waals surface area contributed by atoms with E-state index in [2.05, 4.69) is 11.4 Å². The van der Waals surface area contributed by atoms with E-state index in [1.54, 1.807) is 41.8 Å². The first-order valence-corrected chi connectivity index (χ1v) is 11.9. The van der Waals surface area contributed by atoms with Crippen LogP contribution in [0.2, 0.25) is 0 Å². The molecule has 8 heteroatoms. The zero-order valence-corrected chi connectivity index (χ0v) is 18.1. The van der Waals surface area contributed by atoms with Gasteiger partial charge in [-0.2, -0.15) is 0 Å². The van der Waals surface area contributed by atoms with Crippen LogP contribution in [0.3, 0.4) is 0 Å². The zero-order valence-electron chi connectivity index (χ0n) is 16.4. The molecule has 6 nitrogen and oxygen atoms in total. The van der Waals surface area contributed by atoms with Crippen molar-refractivity contribution < 1.29 is 17.9 Å². The van der Waals surface area contributed by atoms with Crippen LogP contribution in [0, 0.1) is 0 Å². The van der Waals surface area contributed by atoms with Crippen LogP contribution in [0.15, 0.2) is 70.3 Å². The maximum absolute atomic E-state index is 12.6. The van der Waals surface area contributed by atoms with Gasteiger partial charge >= 0.3 is 0 Å². The number of hydrogen-bond acceptors (Lipinski definition) is 5. The molecule has 0 aliphatic heterocycles. The predicted molar refractivity (Wildman–Crippen MR) is 117 cm³/mol. The maximum Gasteiger partial charge on any atom is 0.273 e. The van der Waals surface area contributed by atoms with Gasteiger partial charge in [0.05, 0.1) is 11.7 Å².